The van der Waals surface area contributed by atoms with Gasteiger partial charge in [-0.25, -0.2) is 13.8 Å². The molecular formula is C22H19F5N4O2. The van der Waals surface area contributed by atoms with Crippen LogP contribution in [0.5, 0.6) is 0 Å². The van der Waals surface area contributed by atoms with Gasteiger partial charge in [-0.15, -0.1) is 0 Å². The fraction of sp³-hybridized carbons (Fsp3) is 0.318. The molecule has 174 valence electrons. The zero-order chi connectivity index (χ0) is 24.1. The third-order valence-corrected chi connectivity index (χ3v) is 5.64. The van der Waals surface area contributed by atoms with Crippen LogP contribution in [0.4, 0.5) is 22.0 Å². The molecule has 4 rings (SSSR count). The highest BCUT2D eigenvalue weighted by molar-refractivity contribution is 5.95. The van der Waals surface area contributed by atoms with E-state index in [1.165, 1.54) is 33.9 Å². The molecule has 0 fully saturated rings. The number of alkyl halides is 3. The number of nitrogens with zero attached hydrogens (tertiary/aromatic N) is 4. The average Bonchev–Trinajstić information content (AvgIpc) is 3.19. The Morgan fingerprint density at radius 3 is 2.48 bits per heavy atom. The Balaban J connectivity index is 1.64. The molecule has 2 aromatic heterocycles. The molecule has 0 aliphatic carbocycles. The largest absolute Gasteiger partial charge is 0.424 e. The van der Waals surface area contributed by atoms with E-state index in [0.717, 1.165) is 18.3 Å². The lowest BCUT2D eigenvalue weighted by molar-refractivity contribution is -0.263. The number of hydrogen-bond donors (Lipinski definition) is 1. The highest BCUT2D eigenvalue weighted by Gasteiger charge is 2.55. The van der Waals surface area contributed by atoms with Crippen LogP contribution in [-0.2, 0) is 12.1 Å². The van der Waals surface area contributed by atoms with Crippen LogP contribution in [0.3, 0.4) is 0 Å². The maximum Gasteiger partial charge on any atom is 0.424 e. The number of carbonyl (C=O) groups is 1. The molecule has 1 unspecified atom stereocenters. The number of amides is 1. The Labute approximate surface area is 185 Å². The molecule has 1 N–H and O–H groups in total. The molecule has 33 heavy (non-hydrogen) atoms. The molecule has 2 atom stereocenters. The van der Waals surface area contributed by atoms with Crippen LogP contribution in [0, 0.1) is 11.6 Å². The number of benzene rings is 1. The topological polar surface area (TPSA) is 71.2 Å². The van der Waals surface area contributed by atoms with E-state index < -0.39 is 41.2 Å². The van der Waals surface area contributed by atoms with Crippen LogP contribution < -0.4 is 0 Å². The summed E-state index contributed by atoms with van der Waals surface area (Å²) in [6.45, 7) is 2.24. The van der Waals surface area contributed by atoms with Crippen molar-refractivity contribution < 1.29 is 31.9 Å². The van der Waals surface area contributed by atoms with Crippen LogP contribution in [0.15, 0.2) is 42.7 Å². The van der Waals surface area contributed by atoms with Crippen LogP contribution in [0.25, 0.3) is 11.3 Å². The van der Waals surface area contributed by atoms with Crippen molar-refractivity contribution in [1.29, 1.82) is 0 Å². The molecule has 6 nitrogen and oxygen atoms in total. The van der Waals surface area contributed by atoms with Gasteiger partial charge in [-0.3, -0.25) is 9.78 Å². The van der Waals surface area contributed by atoms with Crippen molar-refractivity contribution >= 4 is 5.91 Å². The van der Waals surface area contributed by atoms with E-state index >= 15 is 0 Å². The maximum absolute atomic E-state index is 14.3. The summed E-state index contributed by atoms with van der Waals surface area (Å²) in [6.07, 6.45) is -2.80. The summed E-state index contributed by atoms with van der Waals surface area (Å²) in [5, 5.41) is 10.1. The summed E-state index contributed by atoms with van der Waals surface area (Å²) in [6, 6.07) is 5.50. The summed E-state index contributed by atoms with van der Waals surface area (Å²) in [7, 11) is 0. The molecule has 0 saturated heterocycles. The number of rotatable bonds is 3. The van der Waals surface area contributed by atoms with Crippen LogP contribution in [0.1, 0.15) is 41.8 Å². The number of aromatic nitrogens is 3. The van der Waals surface area contributed by atoms with Crippen LogP contribution in [-0.4, -0.2) is 43.2 Å². The number of fused-ring (bicyclic) bond motifs is 1. The van der Waals surface area contributed by atoms with Gasteiger partial charge in [0.05, 0.1) is 36.4 Å². The Bertz CT molecular complexity index is 1200. The third-order valence-electron chi connectivity index (χ3n) is 5.64. The maximum atomic E-state index is 14.3. The molecule has 1 aromatic carbocycles. The second-order valence-corrected chi connectivity index (χ2v) is 8.10. The zero-order valence-corrected chi connectivity index (χ0v) is 17.6. The summed E-state index contributed by atoms with van der Waals surface area (Å²) >= 11 is 0. The van der Waals surface area contributed by atoms with E-state index in [4.69, 9.17) is 0 Å². The SMILES string of the molecule is C[C@H]1CN(C(=O)c2ccc(F)c(-c3ccc(F)cn3)c2)Cc2cnc(C(C)(O)C(F)(F)F)n21. The molecule has 0 radical (unpaired) electrons. The lowest BCUT2D eigenvalue weighted by atomic mass is 10.0. The fourth-order valence-electron chi connectivity index (χ4n) is 3.88. The van der Waals surface area contributed by atoms with Gasteiger partial charge in [0.1, 0.15) is 11.6 Å². The van der Waals surface area contributed by atoms with Gasteiger partial charge in [-0.05, 0) is 44.2 Å². The first-order valence-corrected chi connectivity index (χ1v) is 9.96. The monoisotopic (exact) mass is 466 g/mol. The van der Waals surface area contributed by atoms with Gasteiger partial charge in [0.15, 0.2) is 5.82 Å². The minimum absolute atomic E-state index is 0.0134. The summed E-state index contributed by atoms with van der Waals surface area (Å²) in [5.41, 5.74) is -2.53. The van der Waals surface area contributed by atoms with Crippen LogP contribution >= 0.6 is 0 Å². The standard InChI is InChI=1S/C22H19F5N4O2/c1-12-10-30(11-15-9-29-20(31(12)15)21(2,33)22(25,26)27)19(32)13-3-5-17(24)16(7-13)18-6-4-14(23)8-28-18/h3-9,12,33H,10-11H2,1-2H3/t12-,21?/m0/s1. The number of carbonyl (C=O) groups excluding carboxylic acids is 1. The highest BCUT2D eigenvalue weighted by Crippen LogP contribution is 2.40. The van der Waals surface area contributed by atoms with E-state index in [0.29, 0.717) is 12.6 Å². The Morgan fingerprint density at radius 1 is 1.12 bits per heavy atom. The minimum Gasteiger partial charge on any atom is -0.374 e. The second kappa shape index (κ2) is 7.91. The molecule has 11 heteroatoms. The highest BCUT2D eigenvalue weighted by atomic mass is 19.4. The number of halogens is 5. The van der Waals surface area contributed by atoms with Gasteiger partial charge in [0.2, 0.25) is 5.60 Å². The predicted molar refractivity (Wildman–Crippen MR) is 107 cm³/mol. The molecule has 1 amide bonds. The van der Waals surface area contributed by atoms with E-state index in [1.54, 1.807) is 6.92 Å². The number of imidazole rings is 1. The van der Waals surface area contributed by atoms with Crippen LogP contribution in [0.2, 0.25) is 0 Å². The van der Waals surface area contributed by atoms with Gasteiger partial charge in [-0.2, -0.15) is 13.2 Å². The first kappa shape index (κ1) is 22.8. The molecule has 3 aromatic rings. The van der Waals surface area contributed by atoms with Crippen molar-refractivity contribution in [3.05, 3.63) is 71.4 Å². The van der Waals surface area contributed by atoms with E-state index in [9.17, 15) is 31.9 Å². The van der Waals surface area contributed by atoms with E-state index in [-0.39, 0.29) is 29.9 Å². The number of hydrogen-bond acceptors (Lipinski definition) is 4. The Kier molecular flexibility index (Phi) is 5.47. The van der Waals surface area contributed by atoms with E-state index in [1.807, 2.05) is 0 Å². The van der Waals surface area contributed by atoms with Crippen molar-refractivity contribution in [1.82, 2.24) is 19.4 Å². The van der Waals surface area contributed by atoms with Crippen molar-refractivity contribution in [3.63, 3.8) is 0 Å². The molecule has 1 aliphatic rings. The van der Waals surface area contributed by atoms with Crippen molar-refractivity contribution in [2.45, 2.75) is 38.2 Å². The smallest absolute Gasteiger partial charge is 0.374 e. The predicted octanol–water partition coefficient (Wildman–Crippen LogP) is 4.21. The first-order chi connectivity index (χ1) is 15.4. The zero-order valence-electron chi connectivity index (χ0n) is 17.6. The average molecular weight is 466 g/mol. The van der Waals surface area contributed by atoms with Crippen molar-refractivity contribution in [2.75, 3.05) is 6.54 Å². The van der Waals surface area contributed by atoms with Crippen molar-refractivity contribution in [2.24, 2.45) is 0 Å². The summed E-state index contributed by atoms with van der Waals surface area (Å²) in [4.78, 5) is 22.2. The fourth-order valence-corrected chi connectivity index (χ4v) is 3.88. The normalized spacial score (nSPS) is 18.1. The number of aliphatic hydroxyl groups is 1. The van der Waals surface area contributed by atoms with Gasteiger partial charge in [0.25, 0.3) is 5.91 Å². The third kappa shape index (κ3) is 3.97. The number of pyridine rings is 1. The molecule has 3 heterocycles. The molecule has 0 saturated carbocycles. The van der Waals surface area contributed by atoms with Gasteiger partial charge < -0.3 is 14.6 Å². The lowest BCUT2D eigenvalue weighted by Crippen LogP contribution is -2.45. The molecular weight excluding hydrogens is 447 g/mol. The first-order valence-electron chi connectivity index (χ1n) is 9.96. The Morgan fingerprint density at radius 2 is 1.85 bits per heavy atom. The summed E-state index contributed by atoms with van der Waals surface area (Å²) < 4.78 is 68.8. The Hall–Kier alpha value is -3.34. The van der Waals surface area contributed by atoms with Crippen molar-refractivity contribution in [3.8, 4) is 11.3 Å². The molecule has 0 spiro atoms. The van der Waals surface area contributed by atoms with Gasteiger partial charge >= 0.3 is 6.18 Å². The molecule has 1 aliphatic heterocycles. The quantitative estimate of drug-likeness (QED) is 0.587. The lowest BCUT2D eigenvalue weighted by Gasteiger charge is -2.36. The molecule has 0 bridgehead atoms. The second-order valence-electron chi connectivity index (χ2n) is 8.10. The van der Waals surface area contributed by atoms with E-state index in [2.05, 4.69) is 9.97 Å². The minimum atomic E-state index is -4.93. The van der Waals surface area contributed by atoms with Gasteiger partial charge in [0, 0.05) is 17.7 Å². The summed E-state index contributed by atoms with van der Waals surface area (Å²) in [5.74, 6) is -2.25. The van der Waals surface area contributed by atoms with Gasteiger partial charge in [-0.1, -0.05) is 0 Å².